The van der Waals surface area contributed by atoms with E-state index >= 15 is 0 Å². The average Bonchev–Trinajstić information content (AvgIpc) is 2.35. The zero-order chi connectivity index (χ0) is 13.0. The SMILES string of the molecule is CCCCOCCCCC(C)(C#N)NCCC. The first-order chi connectivity index (χ1) is 8.18. The summed E-state index contributed by atoms with van der Waals surface area (Å²) in [6, 6.07) is 2.37. The van der Waals surface area contributed by atoms with Crippen LogP contribution in [0.1, 0.15) is 59.3 Å². The molecule has 3 nitrogen and oxygen atoms in total. The van der Waals surface area contributed by atoms with Gasteiger partial charge in [-0.1, -0.05) is 20.3 Å². The Hall–Kier alpha value is -0.590. The number of nitrogens with zero attached hydrogens (tertiary/aromatic N) is 1. The highest BCUT2D eigenvalue weighted by molar-refractivity contribution is 5.03. The van der Waals surface area contributed by atoms with E-state index in [0.29, 0.717) is 0 Å². The zero-order valence-corrected chi connectivity index (χ0v) is 11.7. The van der Waals surface area contributed by atoms with Gasteiger partial charge in [0.1, 0.15) is 5.54 Å². The van der Waals surface area contributed by atoms with Crippen molar-refractivity contribution in [1.29, 1.82) is 5.26 Å². The molecule has 0 spiro atoms. The van der Waals surface area contributed by atoms with E-state index in [9.17, 15) is 0 Å². The normalized spacial score (nSPS) is 14.2. The monoisotopic (exact) mass is 240 g/mol. The van der Waals surface area contributed by atoms with Gasteiger partial charge in [0.15, 0.2) is 0 Å². The van der Waals surface area contributed by atoms with Gasteiger partial charge in [-0.2, -0.15) is 5.26 Å². The molecule has 0 saturated heterocycles. The lowest BCUT2D eigenvalue weighted by Crippen LogP contribution is -2.41. The molecule has 1 N–H and O–H groups in total. The second kappa shape index (κ2) is 10.6. The largest absolute Gasteiger partial charge is 0.381 e. The maximum Gasteiger partial charge on any atom is 0.103 e. The Morgan fingerprint density at radius 1 is 1.12 bits per heavy atom. The molecular formula is C14H28N2O. The third-order valence-electron chi connectivity index (χ3n) is 2.87. The van der Waals surface area contributed by atoms with Crippen LogP contribution in [-0.4, -0.2) is 25.3 Å². The Kier molecular flexibility index (Phi) is 10.2. The Balaban J connectivity index is 3.53. The molecule has 100 valence electrons. The molecule has 0 heterocycles. The van der Waals surface area contributed by atoms with Gasteiger partial charge in [-0.05, 0) is 45.6 Å². The highest BCUT2D eigenvalue weighted by Crippen LogP contribution is 2.12. The van der Waals surface area contributed by atoms with E-state index in [1.807, 2.05) is 6.92 Å². The fourth-order valence-electron chi connectivity index (χ4n) is 1.62. The van der Waals surface area contributed by atoms with Crippen molar-refractivity contribution in [2.75, 3.05) is 19.8 Å². The quantitative estimate of drug-likeness (QED) is 0.564. The third-order valence-corrected chi connectivity index (χ3v) is 2.87. The van der Waals surface area contributed by atoms with E-state index in [-0.39, 0.29) is 5.54 Å². The van der Waals surface area contributed by atoms with Crippen molar-refractivity contribution in [2.45, 2.75) is 64.8 Å². The van der Waals surface area contributed by atoms with E-state index in [1.165, 1.54) is 6.42 Å². The summed E-state index contributed by atoms with van der Waals surface area (Å²) < 4.78 is 5.50. The number of unbranched alkanes of at least 4 members (excludes halogenated alkanes) is 2. The minimum Gasteiger partial charge on any atom is -0.381 e. The van der Waals surface area contributed by atoms with Crippen molar-refractivity contribution < 1.29 is 4.74 Å². The molecule has 17 heavy (non-hydrogen) atoms. The molecule has 0 rings (SSSR count). The van der Waals surface area contributed by atoms with Crippen LogP contribution in [0.4, 0.5) is 0 Å². The summed E-state index contributed by atoms with van der Waals surface area (Å²) in [7, 11) is 0. The lowest BCUT2D eigenvalue weighted by Gasteiger charge is -2.22. The van der Waals surface area contributed by atoms with Crippen LogP contribution in [-0.2, 0) is 4.74 Å². The van der Waals surface area contributed by atoms with Gasteiger partial charge in [-0.3, -0.25) is 5.32 Å². The Labute approximate surface area is 107 Å². The number of nitriles is 1. The molecule has 0 bridgehead atoms. The van der Waals surface area contributed by atoms with Gasteiger partial charge in [0.05, 0.1) is 6.07 Å². The van der Waals surface area contributed by atoms with Crippen LogP contribution in [0.5, 0.6) is 0 Å². The first kappa shape index (κ1) is 16.4. The summed E-state index contributed by atoms with van der Waals surface area (Å²) >= 11 is 0. The lowest BCUT2D eigenvalue weighted by molar-refractivity contribution is 0.126. The Bertz CT molecular complexity index is 213. The molecule has 0 aliphatic heterocycles. The van der Waals surface area contributed by atoms with Crippen molar-refractivity contribution in [1.82, 2.24) is 5.32 Å². The number of ether oxygens (including phenoxy) is 1. The van der Waals surface area contributed by atoms with Crippen LogP contribution in [0.2, 0.25) is 0 Å². The van der Waals surface area contributed by atoms with Gasteiger partial charge in [0.2, 0.25) is 0 Å². The second-order valence-corrected chi connectivity index (χ2v) is 4.79. The summed E-state index contributed by atoms with van der Waals surface area (Å²) in [5, 5.41) is 12.4. The molecule has 1 atom stereocenters. The van der Waals surface area contributed by atoms with Crippen molar-refractivity contribution in [2.24, 2.45) is 0 Å². The molecule has 0 aromatic heterocycles. The number of hydrogen-bond donors (Lipinski definition) is 1. The van der Waals surface area contributed by atoms with Crippen molar-refractivity contribution in [3.05, 3.63) is 0 Å². The highest BCUT2D eigenvalue weighted by Gasteiger charge is 2.21. The number of hydrogen-bond acceptors (Lipinski definition) is 3. The maximum atomic E-state index is 9.14. The molecule has 0 aromatic rings. The predicted octanol–water partition coefficient (Wildman–Crippen LogP) is 3.26. The number of nitrogens with one attached hydrogen (secondary N) is 1. The van der Waals surface area contributed by atoms with Crippen LogP contribution in [0, 0.1) is 11.3 Å². The second-order valence-electron chi connectivity index (χ2n) is 4.79. The van der Waals surface area contributed by atoms with E-state index in [4.69, 9.17) is 10.00 Å². The van der Waals surface area contributed by atoms with Crippen LogP contribution >= 0.6 is 0 Å². The molecule has 3 heteroatoms. The van der Waals surface area contributed by atoms with Gasteiger partial charge in [0.25, 0.3) is 0 Å². The average molecular weight is 240 g/mol. The summed E-state index contributed by atoms with van der Waals surface area (Å²) in [4.78, 5) is 0. The minimum absolute atomic E-state index is 0.362. The molecule has 0 fully saturated rings. The van der Waals surface area contributed by atoms with Gasteiger partial charge >= 0.3 is 0 Å². The van der Waals surface area contributed by atoms with E-state index in [0.717, 1.165) is 51.9 Å². The minimum atomic E-state index is -0.362. The first-order valence-corrected chi connectivity index (χ1v) is 6.92. The summed E-state index contributed by atoms with van der Waals surface area (Å²) in [6.45, 7) is 8.89. The van der Waals surface area contributed by atoms with Crippen molar-refractivity contribution >= 4 is 0 Å². The zero-order valence-electron chi connectivity index (χ0n) is 11.7. The van der Waals surface area contributed by atoms with Crippen molar-refractivity contribution in [3.8, 4) is 6.07 Å². The van der Waals surface area contributed by atoms with Crippen LogP contribution < -0.4 is 5.32 Å². The Morgan fingerprint density at radius 3 is 2.41 bits per heavy atom. The Morgan fingerprint density at radius 2 is 1.82 bits per heavy atom. The smallest absolute Gasteiger partial charge is 0.103 e. The van der Waals surface area contributed by atoms with Crippen LogP contribution in [0.15, 0.2) is 0 Å². The van der Waals surface area contributed by atoms with Crippen LogP contribution in [0.3, 0.4) is 0 Å². The number of rotatable bonds is 11. The maximum absolute atomic E-state index is 9.14. The van der Waals surface area contributed by atoms with Crippen LogP contribution in [0.25, 0.3) is 0 Å². The molecule has 0 aliphatic rings. The van der Waals surface area contributed by atoms with E-state index in [1.54, 1.807) is 0 Å². The first-order valence-electron chi connectivity index (χ1n) is 6.92. The molecule has 0 radical (unpaired) electrons. The standard InChI is InChI=1S/C14H28N2O/c1-4-6-11-17-12-8-7-9-14(3,13-15)16-10-5-2/h16H,4-12H2,1-3H3. The fourth-order valence-corrected chi connectivity index (χ4v) is 1.62. The lowest BCUT2D eigenvalue weighted by atomic mass is 9.96. The van der Waals surface area contributed by atoms with E-state index < -0.39 is 0 Å². The molecular weight excluding hydrogens is 212 g/mol. The van der Waals surface area contributed by atoms with Gasteiger partial charge in [-0.25, -0.2) is 0 Å². The predicted molar refractivity (Wildman–Crippen MR) is 71.9 cm³/mol. The molecule has 1 unspecified atom stereocenters. The summed E-state index contributed by atoms with van der Waals surface area (Å²) in [6.07, 6.45) is 6.40. The summed E-state index contributed by atoms with van der Waals surface area (Å²) in [5.41, 5.74) is -0.362. The van der Waals surface area contributed by atoms with Crippen molar-refractivity contribution in [3.63, 3.8) is 0 Å². The summed E-state index contributed by atoms with van der Waals surface area (Å²) in [5.74, 6) is 0. The highest BCUT2D eigenvalue weighted by atomic mass is 16.5. The van der Waals surface area contributed by atoms with E-state index in [2.05, 4.69) is 25.2 Å². The van der Waals surface area contributed by atoms with Gasteiger partial charge in [-0.15, -0.1) is 0 Å². The molecule has 0 amide bonds. The molecule has 0 saturated carbocycles. The fraction of sp³-hybridized carbons (Fsp3) is 0.929. The molecule has 0 aliphatic carbocycles. The molecule has 0 aromatic carbocycles. The topological polar surface area (TPSA) is 45.0 Å². The van der Waals surface area contributed by atoms with Gasteiger partial charge in [0, 0.05) is 13.2 Å². The third kappa shape index (κ3) is 9.14. The van der Waals surface area contributed by atoms with Gasteiger partial charge < -0.3 is 4.74 Å².